The van der Waals surface area contributed by atoms with E-state index in [-0.39, 0.29) is 5.69 Å². The Hall–Kier alpha value is -1.97. The van der Waals surface area contributed by atoms with Crippen molar-refractivity contribution in [2.24, 2.45) is 0 Å². The molecule has 0 radical (unpaired) electrons. The van der Waals surface area contributed by atoms with Crippen molar-refractivity contribution in [2.45, 2.75) is 20.4 Å². The first-order valence-electron chi connectivity index (χ1n) is 5.92. The van der Waals surface area contributed by atoms with E-state index in [1.165, 1.54) is 0 Å². The fraction of sp³-hybridized carbons (Fsp3) is 0.200. The largest absolute Gasteiger partial charge is 0.381 e. The SMILES string of the molecule is Cc1ccc(C)c(CNc2cc(F)c(F)c(F)c2)c1. The zero-order valence-corrected chi connectivity index (χ0v) is 10.7. The Bertz CT molecular complexity index is 585. The maximum Gasteiger partial charge on any atom is 0.194 e. The van der Waals surface area contributed by atoms with E-state index in [4.69, 9.17) is 0 Å². The van der Waals surface area contributed by atoms with Crippen molar-refractivity contribution in [2.75, 3.05) is 5.32 Å². The van der Waals surface area contributed by atoms with Crippen molar-refractivity contribution < 1.29 is 13.2 Å². The molecule has 0 amide bonds. The van der Waals surface area contributed by atoms with Crippen LogP contribution in [0.4, 0.5) is 18.9 Å². The second-order valence-electron chi connectivity index (χ2n) is 4.54. The van der Waals surface area contributed by atoms with Crippen molar-refractivity contribution >= 4 is 5.69 Å². The summed E-state index contributed by atoms with van der Waals surface area (Å²) in [6.45, 7) is 4.36. The van der Waals surface area contributed by atoms with E-state index in [0.717, 1.165) is 28.8 Å². The molecule has 1 N–H and O–H groups in total. The van der Waals surface area contributed by atoms with E-state index in [2.05, 4.69) is 5.32 Å². The zero-order valence-electron chi connectivity index (χ0n) is 10.7. The van der Waals surface area contributed by atoms with Gasteiger partial charge in [-0.05, 0) is 25.0 Å². The third kappa shape index (κ3) is 3.08. The summed E-state index contributed by atoms with van der Waals surface area (Å²) >= 11 is 0. The standard InChI is InChI=1S/C15H14F3N/c1-9-3-4-10(2)11(5-9)8-19-12-6-13(16)15(18)14(17)7-12/h3-7,19H,8H2,1-2H3. The van der Waals surface area contributed by atoms with Crippen LogP contribution in [0.3, 0.4) is 0 Å². The number of hydrogen-bond acceptors (Lipinski definition) is 1. The van der Waals surface area contributed by atoms with Gasteiger partial charge in [-0.15, -0.1) is 0 Å². The summed E-state index contributed by atoms with van der Waals surface area (Å²) in [4.78, 5) is 0. The van der Waals surface area contributed by atoms with Crippen molar-refractivity contribution in [1.82, 2.24) is 0 Å². The molecule has 2 rings (SSSR count). The van der Waals surface area contributed by atoms with Gasteiger partial charge in [0.2, 0.25) is 0 Å². The Morgan fingerprint density at radius 1 is 0.947 bits per heavy atom. The van der Waals surface area contributed by atoms with Gasteiger partial charge < -0.3 is 5.32 Å². The summed E-state index contributed by atoms with van der Waals surface area (Å²) in [5, 5.41) is 2.89. The van der Waals surface area contributed by atoms with Gasteiger partial charge in [0, 0.05) is 24.4 Å². The van der Waals surface area contributed by atoms with Gasteiger partial charge in [0.25, 0.3) is 0 Å². The highest BCUT2D eigenvalue weighted by Gasteiger charge is 2.10. The van der Waals surface area contributed by atoms with Gasteiger partial charge >= 0.3 is 0 Å². The highest BCUT2D eigenvalue weighted by atomic mass is 19.2. The molecule has 0 bridgehead atoms. The third-order valence-electron chi connectivity index (χ3n) is 2.97. The van der Waals surface area contributed by atoms with Crippen LogP contribution in [-0.4, -0.2) is 0 Å². The summed E-state index contributed by atoms with van der Waals surface area (Å²) < 4.78 is 38.9. The van der Waals surface area contributed by atoms with E-state index in [1.54, 1.807) is 0 Å². The van der Waals surface area contributed by atoms with E-state index >= 15 is 0 Å². The Morgan fingerprint density at radius 2 is 1.58 bits per heavy atom. The molecule has 0 heterocycles. The molecule has 2 aromatic rings. The molecule has 4 heteroatoms. The molecule has 0 saturated carbocycles. The van der Waals surface area contributed by atoms with Crippen LogP contribution in [0.25, 0.3) is 0 Å². The topological polar surface area (TPSA) is 12.0 Å². The van der Waals surface area contributed by atoms with Gasteiger partial charge in [-0.2, -0.15) is 0 Å². The Morgan fingerprint density at radius 3 is 2.21 bits per heavy atom. The van der Waals surface area contributed by atoms with E-state index < -0.39 is 17.5 Å². The molecule has 0 aromatic heterocycles. The van der Waals surface area contributed by atoms with Crippen LogP contribution in [-0.2, 0) is 6.54 Å². The molecule has 19 heavy (non-hydrogen) atoms. The average molecular weight is 265 g/mol. The van der Waals surface area contributed by atoms with Crippen molar-refractivity contribution in [1.29, 1.82) is 0 Å². The average Bonchev–Trinajstić information content (AvgIpc) is 2.37. The molecule has 0 fully saturated rings. The van der Waals surface area contributed by atoms with Crippen LogP contribution in [0.15, 0.2) is 30.3 Å². The highest BCUT2D eigenvalue weighted by molar-refractivity contribution is 5.45. The van der Waals surface area contributed by atoms with Crippen molar-refractivity contribution in [3.8, 4) is 0 Å². The quantitative estimate of drug-likeness (QED) is 0.814. The molecule has 0 spiro atoms. The van der Waals surface area contributed by atoms with Gasteiger partial charge in [-0.3, -0.25) is 0 Å². The molecular weight excluding hydrogens is 251 g/mol. The smallest absolute Gasteiger partial charge is 0.194 e. The number of rotatable bonds is 3. The molecule has 0 unspecified atom stereocenters. The predicted molar refractivity (Wildman–Crippen MR) is 69.6 cm³/mol. The molecule has 2 aromatic carbocycles. The lowest BCUT2D eigenvalue weighted by Crippen LogP contribution is -2.03. The van der Waals surface area contributed by atoms with Gasteiger partial charge in [-0.25, -0.2) is 13.2 Å². The maximum absolute atomic E-state index is 13.1. The summed E-state index contributed by atoms with van der Waals surface area (Å²) in [5.74, 6) is -3.83. The Kier molecular flexibility index (Phi) is 3.79. The molecule has 0 aliphatic heterocycles. The van der Waals surface area contributed by atoms with Gasteiger partial charge in [-0.1, -0.05) is 23.8 Å². The molecule has 100 valence electrons. The summed E-state index contributed by atoms with van der Waals surface area (Å²) in [7, 11) is 0. The van der Waals surface area contributed by atoms with Crippen molar-refractivity contribution in [3.05, 3.63) is 64.5 Å². The van der Waals surface area contributed by atoms with Gasteiger partial charge in [0.15, 0.2) is 17.5 Å². The normalized spacial score (nSPS) is 10.6. The number of nitrogens with one attached hydrogen (secondary N) is 1. The molecular formula is C15H14F3N. The van der Waals surface area contributed by atoms with Crippen LogP contribution in [0.2, 0.25) is 0 Å². The highest BCUT2D eigenvalue weighted by Crippen LogP contribution is 2.19. The number of hydrogen-bond donors (Lipinski definition) is 1. The lowest BCUT2D eigenvalue weighted by molar-refractivity contribution is 0.447. The second kappa shape index (κ2) is 5.34. The maximum atomic E-state index is 13.1. The molecule has 0 atom stereocenters. The first kappa shape index (κ1) is 13.5. The Labute approximate surface area is 110 Å². The summed E-state index contributed by atoms with van der Waals surface area (Å²) in [6.07, 6.45) is 0. The number of anilines is 1. The van der Waals surface area contributed by atoms with E-state index in [1.807, 2.05) is 32.0 Å². The lowest BCUT2D eigenvalue weighted by atomic mass is 10.1. The van der Waals surface area contributed by atoms with Crippen LogP contribution in [0.5, 0.6) is 0 Å². The van der Waals surface area contributed by atoms with Crippen LogP contribution in [0, 0.1) is 31.3 Å². The minimum Gasteiger partial charge on any atom is -0.381 e. The minimum absolute atomic E-state index is 0.220. The summed E-state index contributed by atoms with van der Waals surface area (Å²) in [6, 6.07) is 7.87. The predicted octanol–water partition coefficient (Wildman–Crippen LogP) is 4.33. The monoisotopic (exact) mass is 265 g/mol. The molecule has 1 nitrogen and oxygen atoms in total. The molecule has 0 aliphatic carbocycles. The fourth-order valence-electron chi connectivity index (χ4n) is 1.85. The van der Waals surface area contributed by atoms with Crippen LogP contribution < -0.4 is 5.32 Å². The third-order valence-corrected chi connectivity index (χ3v) is 2.97. The Balaban J connectivity index is 2.17. The lowest BCUT2D eigenvalue weighted by Gasteiger charge is -2.10. The number of halogens is 3. The fourth-order valence-corrected chi connectivity index (χ4v) is 1.85. The van der Waals surface area contributed by atoms with Crippen molar-refractivity contribution in [3.63, 3.8) is 0 Å². The molecule has 0 aliphatic rings. The zero-order chi connectivity index (χ0) is 14.0. The first-order chi connectivity index (χ1) is 8.97. The van der Waals surface area contributed by atoms with Gasteiger partial charge in [0.05, 0.1) is 0 Å². The van der Waals surface area contributed by atoms with E-state index in [0.29, 0.717) is 6.54 Å². The number of aryl methyl sites for hydroxylation is 2. The van der Waals surface area contributed by atoms with E-state index in [9.17, 15) is 13.2 Å². The number of benzene rings is 2. The second-order valence-corrected chi connectivity index (χ2v) is 4.54. The summed E-state index contributed by atoms with van der Waals surface area (Å²) in [5.41, 5.74) is 3.45. The van der Waals surface area contributed by atoms with Crippen LogP contribution >= 0.6 is 0 Å². The first-order valence-corrected chi connectivity index (χ1v) is 5.92. The van der Waals surface area contributed by atoms with Gasteiger partial charge in [0.1, 0.15) is 0 Å². The molecule has 0 saturated heterocycles. The van der Waals surface area contributed by atoms with Crippen LogP contribution in [0.1, 0.15) is 16.7 Å². The minimum atomic E-state index is -1.45.